The van der Waals surface area contributed by atoms with Gasteiger partial charge >= 0.3 is 0 Å². The van der Waals surface area contributed by atoms with E-state index in [4.69, 9.17) is 23.7 Å². The van der Waals surface area contributed by atoms with E-state index in [1.807, 2.05) is 12.1 Å². The van der Waals surface area contributed by atoms with Gasteiger partial charge in [0.05, 0.1) is 26.7 Å². The van der Waals surface area contributed by atoms with Crippen LogP contribution in [-0.4, -0.2) is 44.6 Å². The quantitative estimate of drug-likeness (QED) is 0.853. The van der Waals surface area contributed by atoms with Crippen LogP contribution < -0.4 is 19.5 Å². The molecular weight excluding hydrogens is 358 g/mol. The van der Waals surface area contributed by atoms with Crippen molar-refractivity contribution in [2.75, 3.05) is 34.4 Å². The summed E-state index contributed by atoms with van der Waals surface area (Å²) >= 11 is 0. The molecule has 0 spiro atoms. The Labute approximate surface area is 158 Å². The minimum absolute atomic E-state index is 0. The van der Waals surface area contributed by atoms with Crippen molar-refractivity contribution in [2.45, 2.75) is 24.7 Å². The standard InChI is InChI=1S/C18H23N3O4.ClH/c1-22-13-7-11(8-14(23-2)15(13)24-3)16-20-17(25-21-16)18-6-4-5-12(18)9-19-10-18;/h7-8,12,19H,4-6,9-10H2,1-3H3;1H/t12-,18-;/m1./s1. The highest BCUT2D eigenvalue weighted by atomic mass is 35.5. The van der Waals surface area contributed by atoms with Crippen LogP contribution in [0, 0.1) is 5.92 Å². The van der Waals surface area contributed by atoms with Gasteiger partial charge in [0.1, 0.15) is 0 Å². The highest BCUT2D eigenvalue weighted by molar-refractivity contribution is 5.85. The summed E-state index contributed by atoms with van der Waals surface area (Å²) in [5.74, 6) is 3.56. The Bertz CT molecular complexity index is 745. The molecule has 2 atom stereocenters. The molecule has 1 aromatic carbocycles. The van der Waals surface area contributed by atoms with Crippen molar-refractivity contribution in [1.82, 2.24) is 15.5 Å². The third kappa shape index (κ3) is 2.79. The average Bonchev–Trinajstić information content (AvgIpc) is 3.34. The van der Waals surface area contributed by atoms with E-state index in [9.17, 15) is 0 Å². The zero-order valence-electron chi connectivity index (χ0n) is 15.2. The first-order chi connectivity index (χ1) is 12.2. The molecule has 8 heteroatoms. The third-order valence-corrected chi connectivity index (χ3v) is 5.56. The van der Waals surface area contributed by atoms with Crippen LogP contribution in [0.5, 0.6) is 17.2 Å². The maximum absolute atomic E-state index is 5.70. The van der Waals surface area contributed by atoms with E-state index in [2.05, 4.69) is 10.5 Å². The second-order valence-corrected chi connectivity index (χ2v) is 6.71. The number of nitrogens with one attached hydrogen (secondary N) is 1. The highest BCUT2D eigenvalue weighted by Gasteiger charge is 2.51. The molecule has 2 aliphatic rings. The van der Waals surface area contributed by atoms with Gasteiger partial charge in [-0.05, 0) is 37.4 Å². The molecule has 0 amide bonds. The molecule has 7 nitrogen and oxygen atoms in total. The maximum atomic E-state index is 5.70. The normalized spacial score (nSPS) is 24.0. The van der Waals surface area contributed by atoms with E-state index in [0.717, 1.165) is 31.0 Å². The van der Waals surface area contributed by atoms with Crippen LogP contribution >= 0.6 is 12.4 Å². The Hall–Kier alpha value is -1.99. The first-order valence-corrected chi connectivity index (χ1v) is 8.57. The smallest absolute Gasteiger partial charge is 0.234 e. The van der Waals surface area contributed by atoms with Crippen LogP contribution in [-0.2, 0) is 5.41 Å². The van der Waals surface area contributed by atoms with Crippen molar-refractivity contribution in [3.63, 3.8) is 0 Å². The van der Waals surface area contributed by atoms with Gasteiger partial charge in [-0.2, -0.15) is 4.98 Å². The van der Waals surface area contributed by atoms with Crippen molar-refractivity contribution in [3.8, 4) is 28.6 Å². The summed E-state index contributed by atoms with van der Waals surface area (Å²) in [6, 6.07) is 3.68. The predicted octanol–water partition coefficient (Wildman–Crippen LogP) is 2.83. The zero-order valence-corrected chi connectivity index (χ0v) is 16.0. The minimum atomic E-state index is -0.00804. The Balaban J connectivity index is 0.00000196. The number of hydrogen-bond acceptors (Lipinski definition) is 7. The summed E-state index contributed by atoms with van der Waals surface area (Å²) < 4.78 is 21.9. The Morgan fingerprint density at radius 1 is 1.15 bits per heavy atom. The minimum Gasteiger partial charge on any atom is -0.493 e. The summed E-state index contributed by atoms with van der Waals surface area (Å²) in [4.78, 5) is 4.73. The third-order valence-electron chi connectivity index (χ3n) is 5.56. The van der Waals surface area contributed by atoms with Crippen LogP contribution in [0.4, 0.5) is 0 Å². The molecule has 1 aromatic heterocycles. The molecule has 0 bridgehead atoms. The van der Waals surface area contributed by atoms with Gasteiger partial charge in [-0.3, -0.25) is 0 Å². The van der Waals surface area contributed by atoms with Crippen LogP contribution in [0.1, 0.15) is 25.2 Å². The van der Waals surface area contributed by atoms with E-state index < -0.39 is 0 Å². The largest absolute Gasteiger partial charge is 0.493 e. The number of fused-ring (bicyclic) bond motifs is 1. The molecule has 2 fully saturated rings. The molecule has 1 saturated carbocycles. The highest BCUT2D eigenvalue weighted by Crippen LogP contribution is 2.48. The number of benzene rings is 1. The Morgan fingerprint density at radius 2 is 1.88 bits per heavy atom. The summed E-state index contributed by atoms with van der Waals surface area (Å²) in [6.45, 7) is 1.94. The lowest BCUT2D eigenvalue weighted by atomic mass is 9.80. The number of rotatable bonds is 5. The molecule has 26 heavy (non-hydrogen) atoms. The van der Waals surface area contributed by atoms with Crippen LogP contribution in [0.2, 0.25) is 0 Å². The molecule has 1 saturated heterocycles. The lowest BCUT2D eigenvalue weighted by molar-refractivity contribution is 0.265. The summed E-state index contributed by atoms with van der Waals surface area (Å²) in [5.41, 5.74) is 0.771. The molecule has 0 unspecified atom stereocenters. The molecule has 1 N–H and O–H groups in total. The van der Waals surface area contributed by atoms with Crippen LogP contribution in [0.25, 0.3) is 11.4 Å². The number of hydrogen-bond donors (Lipinski definition) is 1. The van der Waals surface area contributed by atoms with Gasteiger partial charge in [0.25, 0.3) is 0 Å². The first-order valence-electron chi connectivity index (χ1n) is 8.57. The Kier molecular flexibility index (Phi) is 5.29. The molecule has 1 aliphatic heterocycles. The molecule has 1 aliphatic carbocycles. The number of nitrogens with zero attached hydrogens (tertiary/aromatic N) is 2. The number of methoxy groups -OCH3 is 3. The molecular formula is C18H24ClN3O4. The van der Waals surface area contributed by atoms with Gasteiger partial charge in [-0.15, -0.1) is 12.4 Å². The molecule has 2 aromatic rings. The average molecular weight is 382 g/mol. The fourth-order valence-electron chi connectivity index (χ4n) is 4.25. The fraction of sp³-hybridized carbons (Fsp3) is 0.556. The van der Waals surface area contributed by atoms with Crippen molar-refractivity contribution >= 4 is 12.4 Å². The van der Waals surface area contributed by atoms with Gasteiger partial charge in [0.2, 0.25) is 17.5 Å². The van der Waals surface area contributed by atoms with E-state index in [-0.39, 0.29) is 17.8 Å². The first kappa shape index (κ1) is 18.8. The second kappa shape index (κ2) is 7.32. The van der Waals surface area contributed by atoms with E-state index in [1.165, 1.54) is 12.8 Å². The van der Waals surface area contributed by atoms with Crippen molar-refractivity contribution in [2.24, 2.45) is 5.92 Å². The monoisotopic (exact) mass is 381 g/mol. The van der Waals surface area contributed by atoms with Crippen molar-refractivity contribution in [1.29, 1.82) is 0 Å². The molecule has 2 heterocycles. The van der Waals surface area contributed by atoms with E-state index >= 15 is 0 Å². The van der Waals surface area contributed by atoms with Gasteiger partial charge in [0, 0.05) is 12.1 Å². The van der Waals surface area contributed by atoms with Gasteiger partial charge in [-0.25, -0.2) is 0 Å². The maximum Gasteiger partial charge on any atom is 0.234 e. The summed E-state index contributed by atoms with van der Waals surface area (Å²) in [7, 11) is 4.77. The number of halogens is 1. The topological polar surface area (TPSA) is 78.6 Å². The Morgan fingerprint density at radius 3 is 2.54 bits per heavy atom. The molecule has 4 rings (SSSR count). The second-order valence-electron chi connectivity index (χ2n) is 6.71. The van der Waals surface area contributed by atoms with Crippen LogP contribution in [0.15, 0.2) is 16.7 Å². The fourth-order valence-corrected chi connectivity index (χ4v) is 4.25. The predicted molar refractivity (Wildman–Crippen MR) is 98.5 cm³/mol. The summed E-state index contributed by atoms with van der Waals surface area (Å²) in [6.07, 6.45) is 3.53. The molecule has 142 valence electrons. The van der Waals surface area contributed by atoms with Crippen molar-refractivity contribution < 1.29 is 18.7 Å². The number of aromatic nitrogens is 2. The van der Waals surface area contributed by atoms with Crippen molar-refractivity contribution in [3.05, 3.63) is 18.0 Å². The van der Waals surface area contributed by atoms with Gasteiger partial charge in [-0.1, -0.05) is 11.6 Å². The van der Waals surface area contributed by atoms with Gasteiger partial charge < -0.3 is 24.1 Å². The lowest BCUT2D eigenvalue weighted by Gasteiger charge is -2.22. The van der Waals surface area contributed by atoms with E-state index in [1.54, 1.807) is 21.3 Å². The SMILES string of the molecule is COc1cc(-c2noc([C@@]34CCC[C@@H]3CNC4)n2)cc(OC)c1OC.Cl. The zero-order chi connectivity index (χ0) is 17.4. The lowest BCUT2D eigenvalue weighted by Crippen LogP contribution is -2.31. The summed E-state index contributed by atoms with van der Waals surface area (Å²) in [5, 5.41) is 7.71. The van der Waals surface area contributed by atoms with Crippen LogP contribution in [0.3, 0.4) is 0 Å². The molecule has 0 radical (unpaired) electrons. The van der Waals surface area contributed by atoms with Gasteiger partial charge in [0.15, 0.2) is 11.5 Å². The number of ether oxygens (including phenoxy) is 3. The van der Waals surface area contributed by atoms with E-state index in [0.29, 0.717) is 29.0 Å².